The monoisotopic (exact) mass is 314 g/mol. The lowest BCUT2D eigenvalue weighted by molar-refractivity contribution is 0.257. The molecule has 1 N–H and O–H groups in total. The Morgan fingerprint density at radius 3 is 2.75 bits per heavy atom. The zero-order valence-corrected chi connectivity index (χ0v) is 12.5. The van der Waals surface area contributed by atoms with Crippen LogP contribution in [0.5, 0.6) is 0 Å². The fourth-order valence-electron chi connectivity index (χ4n) is 2.04. The van der Waals surface area contributed by atoms with Crippen molar-refractivity contribution in [2.45, 2.75) is 11.8 Å². The van der Waals surface area contributed by atoms with Crippen molar-refractivity contribution in [3.63, 3.8) is 0 Å². The van der Waals surface area contributed by atoms with Gasteiger partial charge < -0.3 is 5.11 Å². The molecule has 0 atom stereocenters. The number of hydrogen-bond acceptors (Lipinski definition) is 4. The summed E-state index contributed by atoms with van der Waals surface area (Å²) in [6.07, 6.45) is 1.57. The van der Waals surface area contributed by atoms with Gasteiger partial charge in [0.15, 0.2) is 0 Å². The van der Waals surface area contributed by atoms with E-state index in [-0.39, 0.29) is 24.6 Å². The second-order valence-electron chi connectivity index (χ2n) is 4.17. The molecule has 7 heteroatoms. The highest BCUT2D eigenvalue weighted by atomic mass is 35.5. The van der Waals surface area contributed by atoms with Gasteiger partial charge in [0.2, 0.25) is 10.0 Å². The summed E-state index contributed by atoms with van der Waals surface area (Å²) in [6.45, 7) is 1.84. The maximum atomic E-state index is 12.6. The Labute approximate surface area is 122 Å². The molecule has 2 aromatic rings. The van der Waals surface area contributed by atoms with E-state index >= 15 is 0 Å². The number of halogens is 1. The van der Waals surface area contributed by atoms with Crippen LogP contribution in [0, 0.1) is 0 Å². The van der Waals surface area contributed by atoms with E-state index < -0.39 is 10.0 Å². The zero-order chi connectivity index (χ0) is 14.8. The Hall–Kier alpha value is -1.21. The molecule has 5 nitrogen and oxygen atoms in total. The molecular weight excluding hydrogens is 300 g/mol. The predicted molar refractivity (Wildman–Crippen MR) is 78.3 cm³/mol. The molecule has 2 rings (SSSR count). The van der Waals surface area contributed by atoms with Crippen LogP contribution in [0.4, 0.5) is 0 Å². The minimum Gasteiger partial charge on any atom is -0.395 e. The second-order valence-corrected chi connectivity index (χ2v) is 6.48. The highest BCUT2D eigenvalue weighted by Crippen LogP contribution is 2.29. The van der Waals surface area contributed by atoms with Crippen molar-refractivity contribution >= 4 is 32.5 Å². The van der Waals surface area contributed by atoms with Crippen LogP contribution in [-0.2, 0) is 10.0 Å². The van der Waals surface area contributed by atoms with Crippen LogP contribution < -0.4 is 0 Å². The van der Waals surface area contributed by atoms with Crippen LogP contribution in [0.1, 0.15) is 6.92 Å². The Bertz CT molecular complexity index is 719. The van der Waals surface area contributed by atoms with Gasteiger partial charge in [0.1, 0.15) is 0 Å². The largest absolute Gasteiger partial charge is 0.395 e. The molecule has 0 aliphatic carbocycles. The summed E-state index contributed by atoms with van der Waals surface area (Å²) in [5.74, 6) is 0. The summed E-state index contributed by atoms with van der Waals surface area (Å²) in [7, 11) is -3.68. The number of nitrogens with zero attached hydrogens (tertiary/aromatic N) is 2. The van der Waals surface area contributed by atoms with Gasteiger partial charge in [-0.05, 0) is 24.3 Å². The van der Waals surface area contributed by atoms with E-state index in [9.17, 15) is 8.42 Å². The summed E-state index contributed by atoms with van der Waals surface area (Å²) in [6, 6.07) is 6.34. The van der Waals surface area contributed by atoms with Crippen molar-refractivity contribution in [1.29, 1.82) is 0 Å². The second kappa shape index (κ2) is 6.05. The van der Waals surface area contributed by atoms with E-state index in [2.05, 4.69) is 4.98 Å². The van der Waals surface area contributed by atoms with Gasteiger partial charge in [-0.3, -0.25) is 4.98 Å². The van der Waals surface area contributed by atoms with Crippen molar-refractivity contribution in [2.75, 3.05) is 19.7 Å². The molecule has 0 aliphatic rings. The van der Waals surface area contributed by atoms with Crippen LogP contribution in [0.15, 0.2) is 35.4 Å². The van der Waals surface area contributed by atoms with Crippen LogP contribution in [0.2, 0.25) is 5.02 Å². The summed E-state index contributed by atoms with van der Waals surface area (Å²) in [5, 5.41) is 9.89. The average Bonchev–Trinajstić information content (AvgIpc) is 2.45. The lowest BCUT2D eigenvalue weighted by Gasteiger charge is -2.20. The topological polar surface area (TPSA) is 70.5 Å². The highest BCUT2D eigenvalue weighted by Gasteiger charge is 2.25. The number of pyridine rings is 1. The third kappa shape index (κ3) is 2.64. The van der Waals surface area contributed by atoms with Gasteiger partial charge in [-0.2, -0.15) is 4.31 Å². The lowest BCUT2D eigenvalue weighted by atomic mass is 10.2. The standard InChI is InChI=1S/C13H15ClN2O3S/c1-2-16(8-9-17)20(18,19)12-6-5-11(14)13-10(12)4-3-7-15-13/h3-7,17H,2,8-9H2,1H3. The quantitative estimate of drug-likeness (QED) is 0.915. The first-order valence-corrected chi connectivity index (χ1v) is 7.98. The molecule has 108 valence electrons. The van der Waals surface area contributed by atoms with Crippen LogP contribution >= 0.6 is 11.6 Å². The molecule has 1 heterocycles. The summed E-state index contributed by atoms with van der Waals surface area (Å²) in [4.78, 5) is 4.27. The fraction of sp³-hybridized carbons (Fsp3) is 0.308. The van der Waals surface area contributed by atoms with Gasteiger partial charge >= 0.3 is 0 Å². The molecule has 0 radical (unpaired) electrons. The van der Waals surface area contributed by atoms with Crippen LogP contribution in [0.3, 0.4) is 0 Å². The molecule has 0 amide bonds. The third-order valence-corrected chi connectivity index (χ3v) is 5.34. The van der Waals surface area contributed by atoms with Gasteiger partial charge in [-0.15, -0.1) is 0 Å². The molecule has 1 aromatic carbocycles. The average molecular weight is 315 g/mol. The van der Waals surface area contributed by atoms with E-state index in [1.807, 2.05) is 0 Å². The van der Waals surface area contributed by atoms with Gasteiger partial charge in [0.25, 0.3) is 0 Å². The molecule has 0 aliphatic heterocycles. The van der Waals surface area contributed by atoms with Crippen molar-refractivity contribution < 1.29 is 13.5 Å². The first-order chi connectivity index (χ1) is 9.52. The maximum absolute atomic E-state index is 12.6. The molecular formula is C13H15ClN2O3S. The number of aromatic nitrogens is 1. The van der Waals surface area contributed by atoms with Gasteiger partial charge in [-0.25, -0.2) is 8.42 Å². The molecule has 0 bridgehead atoms. The number of hydrogen-bond donors (Lipinski definition) is 1. The Kier molecular flexibility index (Phi) is 4.59. The smallest absolute Gasteiger partial charge is 0.243 e. The molecule has 0 saturated carbocycles. The van der Waals surface area contributed by atoms with E-state index in [0.717, 1.165) is 0 Å². The number of rotatable bonds is 5. The first-order valence-electron chi connectivity index (χ1n) is 6.16. The minimum atomic E-state index is -3.68. The Balaban J connectivity index is 2.66. The molecule has 1 aromatic heterocycles. The normalized spacial score (nSPS) is 12.2. The van der Waals surface area contributed by atoms with Crippen LogP contribution in [0.25, 0.3) is 10.9 Å². The summed E-state index contributed by atoms with van der Waals surface area (Å²) in [5.41, 5.74) is 0.454. The van der Waals surface area contributed by atoms with Crippen molar-refractivity contribution in [1.82, 2.24) is 9.29 Å². The lowest BCUT2D eigenvalue weighted by Crippen LogP contribution is -2.33. The number of aliphatic hydroxyl groups is 1. The fourth-order valence-corrected chi connectivity index (χ4v) is 3.87. The van der Waals surface area contributed by atoms with Gasteiger partial charge in [0.05, 0.1) is 22.0 Å². The van der Waals surface area contributed by atoms with Crippen molar-refractivity contribution in [2.24, 2.45) is 0 Å². The van der Waals surface area contributed by atoms with Crippen molar-refractivity contribution in [3.8, 4) is 0 Å². The molecule has 0 saturated heterocycles. The third-order valence-electron chi connectivity index (χ3n) is 3.00. The SMILES string of the molecule is CCN(CCO)S(=O)(=O)c1ccc(Cl)c2ncccc12. The number of benzene rings is 1. The highest BCUT2D eigenvalue weighted by molar-refractivity contribution is 7.89. The minimum absolute atomic E-state index is 0.0587. The number of aliphatic hydroxyl groups excluding tert-OH is 1. The van der Waals surface area contributed by atoms with Gasteiger partial charge in [-0.1, -0.05) is 18.5 Å². The maximum Gasteiger partial charge on any atom is 0.243 e. The van der Waals surface area contributed by atoms with E-state index in [1.165, 1.54) is 16.4 Å². The first kappa shape index (κ1) is 15.2. The van der Waals surface area contributed by atoms with Crippen LogP contribution in [-0.4, -0.2) is 42.5 Å². The number of fused-ring (bicyclic) bond motifs is 1. The van der Waals surface area contributed by atoms with E-state index in [1.54, 1.807) is 25.3 Å². The number of likely N-dealkylation sites (N-methyl/N-ethyl adjacent to an activating group) is 1. The molecule has 0 unspecified atom stereocenters. The predicted octanol–water partition coefficient (Wildman–Crippen LogP) is 1.89. The molecule has 20 heavy (non-hydrogen) atoms. The Morgan fingerprint density at radius 1 is 1.35 bits per heavy atom. The summed E-state index contributed by atoms with van der Waals surface area (Å²) >= 11 is 6.04. The number of sulfonamides is 1. The van der Waals surface area contributed by atoms with E-state index in [0.29, 0.717) is 15.9 Å². The summed E-state index contributed by atoms with van der Waals surface area (Å²) < 4.78 is 26.5. The Morgan fingerprint density at radius 2 is 2.10 bits per heavy atom. The molecule has 0 fully saturated rings. The van der Waals surface area contributed by atoms with E-state index in [4.69, 9.17) is 16.7 Å². The van der Waals surface area contributed by atoms with Crippen molar-refractivity contribution in [3.05, 3.63) is 35.5 Å². The zero-order valence-electron chi connectivity index (χ0n) is 11.0. The molecule has 0 spiro atoms. The van der Waals surface area contributed by atoms with Gasteiger partial charge in [0, 0.05) is 24.7 Å².